The summed E-state index contributed by atoms with van der Waals surface area (Å²) < 4.78 is 0.814. The number of nitrogens with zero attached hydrogens (tertiary/aromatic N) is 1. The standard InChI is InChI=1S/C14H28IN/c1-4-6-8-12-16(11-7-5-2)13-9-10-14(3)15/h5,14H,2,4,6-13H2,1,3H3. The van der Waals surface area contributed by atoms with E-state index >= 15 is 0 Å². The van der Waals surface area contributed by atoms with Gasteiger partial charge in [-0.1, -0.05) is 55.4 Å². The molecule has 0 saturated heterocycles. The van der Waals surface area contributed by atoms with Crippen LogP contribution in [0.2, 0.25) is 0 Å². The first-order chi connectivity index (χ1) is 7.70. The van der Waals surface area contributed by atoms with Crippen LogP contribution in [0.1, 0.15) is 52.4 Å². The zero-order valence-corrected chi connectivity index (χ0v) is 13.2. The Balaban J connectivity index is 3.66. The van der Waals surface area contributed by atoms with Crippen LogP contribution in [0.4, 0.5) is 0 Å². The largest absolute Gasteiger partial charge is 0.303 e. The van der Waals surface area contributed by atoms with Crippen LogP contribution < -0.4 is 0 Å². The fourth-order valence-corrected chi connectivity index (χ4v) is 2.23. The Bertz CT molecular complexity index is 157. The average molecular weight is 337 g/mol. The molecule has 1 nitrogen and oxygen atoms in total. The summed E-state index contributed by atoms with van der Waals surface area (Å²) in [5, 5.41) is 0. The molecule has 0 radical (unpaired) electrons. The highest BCUT2D eigenvalue weighted by Gasteiger charge is 2.04. The Kier molecular flexibility index (Phi) is 12.2. The molecule has 0 rings (SSSR count). The lowest BCUT2D eigenvalue weighted by atomic mass is 10.2. The van der Waals surface area contributed by atoms with E-state index < -0.39 is 0 Å². The molecule has 0 aromatic carbocycles. The number of alkyl halides is 1. The highest BCUT2D eigenvalue weighted by atomic mass is 127. The molecular weight excluding hydrogens is 309 g/mol. The monoisotopic (exact) mass is 337 g/mol. The fourth-order valence-electron chi connectivity index (χ4n) is 1.79. The van der Waals surface area contributed by atoms with Crippen molar-refractivity contribution in [1.82, 2.24) is 4.90 Å². The number of rotatable bonds is 11. The molecule has 1 unspecified atom stereocenters. The van der Waals surface area contributed by atoms with Crippen LogP contribution in [-0.2, 0) is 0 Å². The zero-order valence-electron chi connectivity index (χ0n) is 11.1. The minimum atomic E-state index is 0.814. The lowest BCUT2D eigenvalue weighted by Gasteiger charge is -2.21. The van der Waals surface area contributed by atoms with Gasteiger partial charge in [-0.15, -0.1) is 6.58 Å². The SMILES string of the molecule is C=CCCN(CCCCC)CCCC(C)I. The fraction of sp³-hybridized carbons (Fsp3) is 0.857. The second-order valence-electron chi connectivity index (χ2n) is 4.55. The van der Waals surface area contributed by atoms with E-state index in [-0.39, 0.29) is 0 Å². The Morgan fingerprint density at radius 1 is 1.19 bits per heavy atom. The Morgan fingerprint density at radius 2 is 1.88 bits per heavy atom. The van der Waals surface area contributed by atoms with Crippen LogP contribution in [0.5, 0.6) is 0 Å². The van der Waals surface area contributed by atoms with E-state index in [9.17, 15) is 0 Å². The van der Waals surface area contributed by atoms with E-state index in [1.807, 2.05) is 6.08 Å². The van der Waals surface area contributed by atoms with Crippen molar-refractivity contribution in [1.29, 1.82) is 0 Å². The summed E-state index contributed by atoms with van der Waals surface area (Å²) in [6, 6.07) is 0. The molecule has 0 N–H and O–H groups in total. The third-order valence-electron chi connectivity index (χ3n) is 2.80. The minimum absolute atomic E-state index is 0.814. The zero-order chi connectivity index (χ0) is 12.2. The van der Waals surface area contributed by atoms with Crippen molar-refractivity contribution >= 4 is 22.6 Å². The van der Waals surface area contributed by atoms with Gasteiger partial charge in [-0.05, 0) is 38.8 Å². The van der Waals surface area contributed by atoms with Crippen molar-refractivity contribution in [2.45, 2.75) is 56.3 Å². The van der Waals surface area contributed by atoms with Crippen molar-refractivity contribution in [3.63, 3.8) is 0 Å². The van der Waals surface area contributed by atoms with E-state index in [0.29, 0.717) is 0 Å². The van der Waals surface area contributed by atoms with Crippen LogP contribution in [0, 0.1) is 0 Å². The third kappa shape index (κ3) is 10.9. The molecule has 0 fully saturated rings. The van der Waals surface area contributed by atoms with Crippen molar-refractivity contribution in [3.8, 4) is 0 Å². The number of halogens is 1. The van der Waals surface area contributed by atoms with Crippen molar-refractivity contribution in [2.24, 2.45) is 0 Å². The normalized spacial score (nSPS) is 13.0. The predicted octanol–water partition coefficient (Wildman–Crippen LogP) is 4.66. The molecule has 0 saturated carbocycles. The molecule has 0 heterocycles. The van der Waals surface area contributed by atoms with Crippen LogP contribution in [0.3, 0.4) is 0 Å². The quantitative estimate of drug-likeness (QED) is 0.229. The van der Waals surface area contributed by atoms with Gasteiger partial charge in [0.25, 0.3) is 0 Å². The molecule has 1 atom stereocenters. The van der Waals surface area contributed by atoms with Gasteiger partial charge < -0.3 is 4.90 Å². The van der Waals surface area contributed by atoms with Gasteiger partial charge in [0.15, 0.2) is 0 Å². The highest BCUT2D eigenvalue weighted by molar-refractivity contribution is 14.1. The predicted molar refractivity (Wildman–Crippen MR) is 83.5 cm³/mol. The molecule has 0 bridgehead atoms. The second-order valence-corrected chi connectivity index (χ2v) is 6.68. The summed E-state index contributed by atoms with van der Waals surface area (Å²) in [5.41, 5.74) is 0. The van der Waals surface area contributed by atoms with Gasteiger partial charge in [0.1, 0.15) is 0 Å². The maximum Gasteiger partial charge on any atom is 0.00818 e. The molecule has 0 aromatic heterocycles. The molecule has 0 aliphatic heterocycles. The number of hydrogen-bond acceptors (Lipinski definition) is 1. The number of hydrogen-bond donors (Lipinski definition) is 0. The maximum absolute atomic E-state index is 3.81. The van der Waals surface area contributed by atoms with Crippen LogP contribution in [0.25, 0.3) is 0 Å². The van der Waals surface area contributed by atoms with Gasteiger partial charge in [-0.25, -0.2) is 0 Å². The molecule has 0 amide bonds. The van der Waals surface area contributed by atoms with Crippen LogP contribution in [-0.4, -0.2) is 28.5 Å². The van der Waals surface area contributed by atoms with Gasteiger partial charge in [-0.3, -0.25) is 0 Å². The summed E-state index contributed by atoms with van der Waals surface area (Å²) in [4.78, 5) is 2.61. The smallest absolute Gasteiger partial charge is 0.00818 e. The first-order valence-corrected chi connectivity index (χ1v) is 7.92. The summed E-state index contributed by atoms with van der Waals surface area (Å²) in [7, 11) is 0. The van der Waals surface area contributed by atoms with Gasteiger partial charge in [0.2, 0.25) is 0 Å². The average Bonchev–Trinajstić information content (AvgIpc) is 2.25. The van der Waals surface area contributed by atoms with E-state index in [1.54, 1.807) is 0 Å². The van der Waals surface area contributed by atoms with Gasteiger partial charge >= 0.3 is 0 Å². The van der Waals surface area contributed by atoms with E-state index in [0.717, 1.165) is 10.3 Å². The van der Waals surface area contributed by atoms with Gasteiger partial charge in [-0.2, -0.15) is 0 Å². The van der Waals surface area contributed by atoms with Crippen molar-refractivity contribution in [3.05, 3.63) is 12.7 Å². The Hall–Kier alpha value is 0.430. The Morgan fingerprint density at radius 3 is 2.44 bits per heavy atom. The lowest BCUT2D eigenvalue weighted by Crippen LogP contribution is -2.27. The maximum atomic E-state index is 3.81. The van der Waals surface area contributed by atoms with Crippen LogP contribution >= 0.6 is 22.6 Å². The van der Waals surface area contributed by atoms with Crippen LogP contribution in [0.15, 0.2) is 12.7 Å². The molecule has 96 valence electrons. The number of unbranched alkanes of at least 4 members (excludes halogenated alkanes) is 2. The molecule has 0 aliphatic rings. The van der Waals surface area contributed by atoms with Gasteiger partial charge in [0, 0.05) is 10.5 Å². The van der Waals surface area contributed by atoms with E-state index in [2.05, 4.69) is 47.9 Å². The summed E-state index contributed by atoms with van der Waals surface area (Å²) in [6.07, 6.45) is 9.90. The topological polar surface area (TPSA) is 3.24 Å². The molecule has 2 heteroatoms. The van der Waals surface area contributed by atoms with Crippen molar-refractivity contribution in [2.75, 3.05) is 19.6 Å². The molecule has 0 aromatic rings. The minimum Gasteiger partial charge on any atom is -0.303 e. The first kappa shape index (κ1) is 16.4. The van der Waals surface area contributed by atoms with E-state index in [4.69, 9.17) is 0 Å². The van der Waals surface area contributed by atoms with Crippen molar-refractivity contribution < 1.29 is 0 Å². The molecule has 16 heavy (non-hydrogen) atoms. The lowest BCUT2D eigenvalue weighted by molar-refractivity contribution is 0.267. The summed E-state index contributed by atoms with van der Waals surface area (Å²) in [5.74, 6) is 0. The molecular formula is C14H28IN. The highest BCUT2D eigenvalue weighted by Crippen LogP contribution is 2.09. The summed E-state index contributed by atoms with van der Waals surface area (Å²) >= 11 is 2.52. The summed E-state index contributed by atoms with van der Waals surface area (Å²) in [6.45, 7) is 12.1. The second kappa shape index (κ2) is 11.9. The Labute approximate surface area is 116 Å². The molecule has 0 aliphatic carbocycles. The molecule has 0 spiro atoms. The first-order valence-electron chi connectivity index (χ1n) is 6.68. The van der Waals surface area contributed by atoms with E-state index in [1.165, 1.54) is 51.7 Å². The van der Waals surface area contributed by atoms with Gasteiger partial charge in [0.05, 0.1) is 0 Å². The third-order valence-corrected chi connectivity index (χ3v) is 3.43.